The monoisotopic (exact) mass is 419 g/mol. The van der Waals surface area contributed by atoms with E-state index in [1.807, 2.05) is 6.07 Å². The van der Waals surface area contributed by atoms with Crippen LogP contribution < -0.4 is 16.6 Å². The quantitative estimate of drug-likeness (QED) is 0.480. The summed E-state index contributed by atoms with van der Waals surface area (Å²) in [6, 6.07) is 8.16. The van der Waals surface area contributed by atoms with Crippen LogP contribution in [0.15, 0.2) is 58.5 Å². The number of pyridine rings is 2. The van der Waals surface area contributed by atoms with Gasteiger partial charge >= 0.3 is 11.7 Å². The van der Waals surface area contributed by atoms with Crippen LogP contribution in [0, 0.1) is 0 Å². The Kier molecular flexibility index (Phi) is 5.35. The third kappa shape index (κ3) is 3.38. The van der Waals surface area contributed by atoms with E-state index in [0.29, 0.717) is 28.5 Å². The van der Waals surface area contributed by atoms with E-state index < -0.39 is 17.3 Å². The number of aryl methyl sites for hydroxylation is 1. The van der Waals surface area contributed by atoms with E-state index in [1.54, 1.807) is 44.6 Å². The summed E-state index contributed by atoms with van der Waals surface area (Å²) in [5, 5.41) is 4.07. The van der Waals surface area contributed by atoms with Crippen molar-refractivity contribution in [3.05, 3.63) is 75.3 Å². The maximum absolute atomic E-state index is 13.2. The minimum Gasteiger partial charge on any atom is -0.468 e. The summed E-state index contributed by atoms with van der Waals surface area (Å²) >= 11 is 0. The second-order valence-corrected chi connectivity index (χ2v) is 7.09. The molecule has 3 aromatic heterocycles. The number of ether oxygens (including phenoxy) is 1. The van der Waals surface area contributed by atoms with Crippen LogP contribution in [0.4, 0.5) is 0 Å². The van der Waals surface area contributed by atoms with Gasteiger partial charge in [-0.1, -0.05) is 12.1 Å². The first-order valence-corrected chi connectivity index (χ1v) is 9.65. The molecule has 1 atom stereocenters. The summed E-state index contributed by atoms with van der Waals surface area (Å²) in [6.45, 7) is 0. The van der Waals surface area contributed by atoms with Gasteiger partial charge in [0.15, 0.2) is 0 Å². The molecule has 3 heterocycles. The summed E-state index contributed by atoms with van der Waals surface area (Å²) in [4.78, 5) is 46.8. The largest absolute Gasteiger partial charge is 0.468 e. The molecule has 0 unspecified atom stereocenters. The number of methoxy groups -OCH3 is 1. The van der Waals surface area contributed by atoms with Crippen molar-refractivity contribution in [1.29, 1.82) is 0 Å². The standard InChI is InChI=1S/C22H21N5O4/c1-23-16(21(29)31-3)11-13-6-7-17(19-14(13)5-4-9-25-19)27-20(28)15-8-10-24-12-18(15)26(2)22(27)30/h4-10,12,16,23H,11H2,1-3H3/t16-/m0/s1. The Morgan fingerprint density at radius 3 is 2.71 bits per heavy atom. The van der Waals surface area contributed by atoms with Crippen LogP contribution in [0.2, 0.25) is 0 Å². The molecule has 1 N–H and O–H groups in total. The van der Waals surface area contributed by atoms with Crippen LogP contribution in [0.3, 0.4) is 0 Å². The molecule has 0 bridgehead atoms. The number of carbonyl (C=O) groups excluding carboxylic acids is 1. The fourth-order valence-corrected chi connectivity index (χ4v) is 3.75. The van der Waals surface area contributed by atoms with E-state index >= 15 is 0 Å². The number of fused-ring (bicyclic) bond motifs is 2. The lowest BCUT2D eigenvalue weighted by atomic mass is 10.00. The third-order valence-electron chi connectivity index (χ3n) is 5.41. The van der Waals surface area contributed by atoms with Crippen molar-refractivity contribution >= 4 is 27.8 Å². The number of nitrogens with zero attached hydrogens (tertiary/aromatic N) is 4. The predicted molar refractivity (Wildman–Crippen MR) is 116 cm³/mol. The molecule has 4 rings (SSSR count). The molecule has 0 aliphatic heterocycles. The van der Waals surface area contributed by atoms with Crippen molar-refractivity contribution in [3.8, 4) is 5.69 Å². The van der Waals surface area contributed by atoms with E-state index in [1.165, 1.54) is 24.1 Å². The van der Waals surface area contributed by atoms with Crippen molar-refractivity contribution in [2.45, 2.75) is 12.5 Å². The first kappa shape index (κ1) is 20.4. The molecule has 0 saturated carbocycles. The lowest BCUT2D eigenvalue weighted by molar-refractivity contribution is -0.142. The highest BCUT2D eigenvalue weighted by molar-refractivity contribution is 5.90. The van der Waals surface area contributed by atoms with Gasteiger partial charge in [0.25, 0.3) is 5.56 Å². The van der Waals surface area contributed by atoms with E-state index in [9.17, 15) is 14.4 Å². The summed E-state index contributed by atoms with van der Waals surface area (Å²) in [5.41, 5.74) is 1.23. The van der Waals surface area contributed by atoms with Crippen molar-refractivity contribution in [2.75, 3.05) is 14.2 Å². The second-order valence-electron chi connectivity index (χ2n) is 7.09. The number of likely N-dealkylation sites (N-methyl/N-ethyl adjacent to an activating group) is 1. The molecule has 0 aliphatic rings. The first-order valence-electron chi connectivity index (χ1n) is 9.65. The maximum Gasteiger partial charge on any atom is 0.335 e. The fourth-order valence-electron chi connectivity index (χ4n) is 3.75. The van der Waals surface area contributed by atoms with Crippen LogP contribution in [0.5, 0.6) is 0 Å². The highest BCUT2D eigenvalue weighted by Crippen LogP contribution is 2.24. The topological polar surface area (TPSA) is 108 Å². The number of carbonyl (C=O) groups is 1. The van der Waals surface area contributed by atoms with Gasteiger partial charge in [-0.2, -0.15) is 0 Å². The van der Waals surface area contributed by atoms with E-state index in [2.05, 4.69) is 15.3 Å². The van der Waals surface area contributed by atoms with Crippen molar-refractivity contribution in [3.63, 3.8) is 0 Å². The zero-order chi connectivity index (χ0) is 22.1. The van der Waals surface area contributed by atoms with Gasteiger partial charge in [-0.3, -0.25) is 24.1 Å². The van der Waals surface area contributed by atoms with Gasteiger partial charge in [-0.25, -0.2) is 9.36 Å². The minimum absolute atomic E-state index is 0.363. The zero-order valence-electron chi connectivity index (χ0n) is 17.3. The van der Waals surface area contributed by atoms with Crippen molar-refractivity contribution in [2.24, 2.45) is 7.05 Å². The van der Waals surface area contributed by atoms with Crippen LogP contribution in [-0.2, 0) is 23.0 Å². The number of esters is 1. The molecule has 0 aliphatic carbocycles. The lowest BCUT2D eigenvalue weighted by Crippen LogP contribution is -2.38. The molecular weight excluding hydrogens is 398 g/mol. The number of hydrogen-bond acceptors (Lipinski definition) is 7. The Labute approximate surface area is 176 Å². The van der Waals surface area contributed by atoms with Crippen molar-refractivity contribution < 1.29 is 9.53 Å². The molecular formula is C22H21N5O4. The van der Waals surface area contributed by atoms with Gasteiger partial charge in [0, 0.05) is 24.8 Å². The average Bonchev–Trinajstić information content (AvgIpc) is 2.81. The van der Waals surface area contributed by atoms with Gasteiger partial charge < -0.3 is 10.1 Å². The van der Waals surface area contributed by atoms with E-state index in [-0.39, 0.29) is 5.97 Å². The smallest absolute Gasteiger partial charge is 0.335 e. The molecule has 1 aromatic carbocycles. The second kappa shape index (κ2) is 8.11. The summed E-state index contributed by atoms with van der Waals surface area (Å²) in [5.74, 6) is -0.378. The molecule has 9 nitrogen and oxygen atoms in total. The molecule has 0 spiro atoms. The van der Waals surface area contributed by atoms with Gasteiger partial charge in [-0.15, -0.1) is 0 Å². The van der Waals surface area contributed by atoms with E-state index in [4.69, 9.17) is 4.74 Å². The lowest BCUT2D eigenvalue weighted by Gasteiger charge is -2.17. The number of nitrogens with one attached hydrogen (secondary N) is 1. The molecule has 31 heavy (non-hydrogen) atoms. The molecule has 0 amide bonds. The summed E-state index contributed by atoms with van der Waals surface area (Å²) in [6.07, 6.45) is 4.98. The normalized spacial score (nSPS) is 12.2. The first-order chi connectivity index (χ1) is 15.0. The van der Waals surface area contributed by atoms with E-state index in [0.717, 1.165) is 15.5 Å². The van der Waals surface area contributed by atoms with Crippen LogP contribution in [0.25, 0.3) is 27.5 Å². The third-order valence-corrected chi connectivity index (χ3v) is 5.41. The van der Waals surface area contributed by atoms with Gasteiger partial charge in [-0.05, 0) is 37.2 Å². The summed E-state index contributed by atoms with van der Waals surface area (Å²) in [7, 11) is 4.62. The molecule has 158 valence electrons. The molecule has 0 saturated heterocycles. The number of benzene rings is 1. The number of rotatable bonds is 5. The Bertz CT molecular complexity index is 1420. The molecule has 9 heteroatoms. The van der Waals surface area contributed by atoms with Crippen LogP contribution in [-0.4, -0.2) is 45.3 Å². The Balaban J connectivity index is 1.97. The highest BCUT2D eigenvalue weighted by Gasteiger charge is 2.21. The predicted octanol–water partition coefficient (Wildman–Crippen LogP) is 0.936. The summed E-state index contributed by atoms with van der Waals surface area (Å²) < 4.78 is 7.37. The molecule has 0 fully saturated rings. The maximum atomic E-state index is 13.2. The van der Waals surface area contributed by atoms with Gasteiger partial charge in [0.05, 0.1) is 35.4 Å². The van der Waals surface area contributed by atoms with Crippen LogP contribution >= 0.6 is 0 Å². The molecule has 0 radical (unpaired) electrons. The van der Waals surface area contributed by atoms with Crippen molar-refractivity contribution in [1.82, 2.24) is 24.4 Å². The molecule has 4 aromatic rings. The van der Waals surface area contributed by atoms with Gasteiger partial charge in [0.2, 0.25) is 0 Å². The Hall–Kier alpha value is -3.85. The highest BCUT2D eigenvalue weighted by atomic mass is 16.5. The SMILES string of the molecule is CN[C@@H](Cc1ccc(-n2c(=O)c3ccncc3n(C)c2=O)c2ncccc12)C(=O)OC. The minimum atomic E-state index is -0.539. The number of aromatic nitrogens is 4. The van der Waals surface area contributed by atoms with Gasteiger partial charge in [0.1, 0.15) is 6.04 Å². The Morgan fingerprint density at radius 1 is 1.16 bits per heavy atom. The fraction of sp³-hybridized carbons (Fsp3) is 0.227. The number of hydrogen-bond donors (Lipinski definition) is 1. The zero-order valence-corrected chi connectivity index (χ0v) is 17.3. The average molecular weight is 419 g/mol. The Morgan fingerprint density at radius 2 is 1.97 bits per heavy atom. The van der Waals surface area contributed by atoms with Crippen LogP contribution in [0.1, 0.15) is 5.56 Å².